The lowest BCUT2D eigenvalue weighted by Gasteiger charge is -2.07. The molecule has 8 heteroatoms. The molecule has 2 aliphatic heterocycles. The van der Waals surface area contributed by atoms with Crippen molar-refractivity contribution in [3.05, 3.63) is 143 Å². The summed E-state index contributed by atoms with van der Waals surface area (Å²) in [5, 5.41) is 20.3. The van der Waals surface area contributed by atoms with Crippen LogP contribution < -0.4 is 0 Å². The summed E-state index contributed by atoms with van der Waals surface area (Å²) in [4.78, 5) is 41.7. The van der Waals surface area contributed by atoms with Crippen molar-refractivity contribution in [2.75, 3.05) is 0 Å². The molecule has 4 N–H and O–H groups in total. The number of aromatic carboxylic acids is 2. The molecule has 0 atom stereocenters. The molecule has 0 aliphatic carbocycles. The highest BCUT2D eigenvalue weighted by atomic mass is 16.4. The number of fused-ring (bicyclic) bond motifs is 8. The van der Waals surface area contributed by atoms with Crippen molar-refractivity contribution in [3.8, 4) is 33.4 Å². The van der Waals surface area contributed by atoms with Gasteiger partial charge in [0.25, 0.3) is 0 Å². The number of aromatic nitrogens is 4. The fourth-order valence-electron chi connectivity index (χ4n) is 6.32. The van der Waals surface area contributed by atoms with E-state index in [4.69, 9.17) is 9.97 Å². The van der Waals surface area contributed by atoms with Crippen LogP contribution in [0.25, 0.3) is 79.8 Å². The van der Waals surface area contributed by atoms with E-state index in [9.17, 15) is 19.8 Å². The van der Waals surface area contributed by atoms with Crippen LogP contribution in [-0.2, 0) is 0 Å². The van der Waals surface area contributed by atoms with Gasteiger partial charge in [0.2, 0.25) is 0 Å². The Morgan fingerprint density at radius 2 is 1.19 bits per heavy atom. The van der Waals surface area contributed by atoms with Crippen LogP contribution in [0.4, 0.5) is 0 Å². The Morgan fingerprint density at radius 1 is 0.542 bits per heavy atom. The van der Waals surface area contributed by atoms with E-state index >= 15 is 0 Å². The van der Waals surface area contributed by atoms with Gasteiger partial charge in [0.15, 0.2) is 0 Å². The second kappa shape index (κ2) is 11.5. The third-order valence-corrected chi connectivity index (χ3v) is 8.45. The first-order valence-electron chi connectivity index (χ1n) is 15.3. The fourth-order valence-corrected chi connectivity index (χ4v) is 6.32. The lowest BCUT2D eigenvalue weighted by molar-refractivity contribution is 0.0686. The van der Waals surface area contributed by atoms with Crippen LogP contribution in [0.1, 0.15) is 43.5 Å². The van der Waals surface area contributed by atoms with E-state index in [1.54, 1.807) is 30.3 Å². The first-order chi connectivity index (χ1) is 23.4. The molecule has 0 unspecified atom stereocenters. The van der Waals surface area contributed by atoms with Crippen molar-refractivity contribution in [2.24, 2.45) is 0 Å². The smallest absolute Gasteiger partial charge is 0.340 e. The monoisotopic (exact) mass is 626 g/mol. The van der Waals surface area contributed by atoms with Crippen LogP contribution >= 0.6 is 0 Å². The van der Waals surface area contributed by atoms with Gasteiger partial charge in [-0.15, -0.1) is 0 Å². The summed E-state index contributed by atoms with van der Waals surface area (Å²) in [5.74, 6) is -2.14. The number of benzene rings is 3. The van der Waals surface area contributed by atoms with Crippen molar-refractivity contribution >= 4 is 58.3 Å². The summed E-state index contributed by atoms with van der Waals surface area (Å²) in [5.41, 5.74) is 9.86. The molecule has 0 spiro atoms. The number of carboxylic acids is 2. The van der Waals surface area contributed by atoms with Gasteiger partial charge in [0.1, 0.15) is 5.56 Å². The molecule has 0 amide bonds. The summed E-state index contributed by atoms with van der Waals surface area (Å²) >= 11 is 0. The zero-order valence-electron chi connectivity index (χ0n) is 25.3. The number of hydrogen-bond donors (Lipinski definition) is 4. The molecule has 3 aromatic heterocycles. The number of nitrogens with zero attached hydrogens (tertiary/aromatic N) is 2. The molecule has 0 fully saturated rings. The predicted molar refractivity (Wildman–Crippen MR) is 189 cm³/mol. The maximum Gasteiger partial charge on any atom is 0.340 e. The van der Waals surface area contributed by atoms with Gasteiger partial charge in [-0.2, -0.15) is 0 Å². The Labute approximate surface area is 274 Å². The quantitative estimate of drug-likeness (QED) is 0.151. The number of nitrogens with one attached hydrogen (secondary N) is 2. The Bertz CT molecular complexity index is 2510. The van der Waals surface area contributed by atoms with Gasteiger partial charge >= 0.3 is 11.9 Å². The van der Waals surface area contributed by atoms with Gasteiger partial charge in [-0.3, -0.25) is 0 Å². The topological polar surface area (TPSA) is 132 Å². The first kappa shape index (κ1) is 28.7. The number of H-pyrrole nitrogens is 2. The Kier molecular flexibility index (Phi) is 6.88. The molecule has 6 aromatic rings. The van der Waals surface area contributed by atoms with Gasteiger partial charge in [-0.05, 0) is 77.4 Å². The average Bonchev–Trinajstić information content (AvgIpc) is 3.92. The van der Waals surface area contributed by atoms with Crippen molar-refractivity contribution in [1.29, 1.82) is 0 Å². The first-order valence-corrected chi connectivity index (χ1v) is 15.3. The van der Waals surface area contributed by atoms with Crippen molar-refractivity contribution < 1.29 is 19.8 Å². The van der Waals surface area contributed by atoms with Crippen LogP contribution in [0, 0.1) is 0 Å². The molecule has 5 heterocycles. The molecule has 8 bridgehead atoms. The Balaban J connectivity index is 1.56. The number of carbonyl (C=O) groups is 2. The minimum absolute atomic E-state index is 0.0328. The standard InChI is InChI=1S/C40H26N4O4/c45-39(46)26-13-7-12-25(20-26)29-22-28-21-27-14-15-30(41-27)35(23-8-3-1-4-9-23)31-16-18-33(43-31)37(40(47)48)34-19-17-32(44-34)36(38(29)42-28)24-10-5-2-6-11-24/h1-22,42-43H,(H,45,46)(H,47,48). The minimum atomic E-state index is -1.12. The molecule has 8 nitrogen and oxygen atoms in total. The van der Waals surface area contributed by atoms with E-state index in [2.05, 4.69) is 9.97 Å². The highest BCUT2D eigenvalue weighted by Crippen LogP contribution is 2.38. The zero-order valence-corrected chi connectivity index (χ0v) is 25.3. The van der Waals surface area contributed by atoms with Crippen LogP contribution in [0.2, 0.25) is 0 Å². The van der Waals surface area contributed by atoms with Gasteiger partial charge < -0.3 is 20.2 Å². The lowest BCUT2D eigenvalue weighted by Crippen LogP contribution is -2.00. The summed E-state index contributed by atoms with van der Waals surface area (Å²) in [6.45, 7) is 0. The summed E-state index contributed by atoms with van der Waals surface area (Å²) in [7, 11) is 0. The van der Waals surface area contributed by atoms with E-state index in [1.807, 2.05) is 103 Å². The van der Waals surface area contributed by atoms with Gasteiger partial charge in [-0.25, -0.2) is 19.6 Å². The number of rotatable bonds is 5. The van der Waals surface area contributed by atoms with Crippen LogP contribution in [-0.4, -0.2) is 42.1 Å². The molecular weight excluding hydrogens is 600 g/mol. The summed E-state index contributed by atoms with van der Waals surface area (Å²) in [6, 6.07) is 33.9. The van der Waals surface area contributed by atoms with E-state index < -0.39 is 11.9 Å². The third-order valence-electron chi connectivity index (χ3n) is 8.45. The second-order valence-electron chi connectivity index (χ2n) is 11.5. The lowest BCUT2D eigenvalue weighted by atomic mass is 9.98. The zero-order chi connectivity index (χ0) is 32.8. The maximum atomic E-state index is 12.9. The molecule has 230 valence electrons. The predicted octanol–water partition coefficient (Wildman–Crippen LogP) is 9.05. The van der Waals surface area contributed by atoms with E-state index in [-0.39, 0.29) is 11.1 Å². The van der Waals surface area contributed by atoms with E-state index in [0.717, 1.165) is 44.5 Å². The third kappa shape index (κ3) is 5.07. The number of hydrogen-bond acceptors (Lipinski definition) is 4. The summed E-state index contributed by atoms with van der Waals surface area (Å²) < 4.78 is 0. The minimum Gasteiger partial charge on any atom is -0.478 e. The van der Waals surface area contributed by atoms with E-state index in [0.29, 0.717) is 33.7 Å². The molecule has 0 radical (unpaired) electrons. The SMILES string of the molecule is O=C(O)c1cccc(-c2cc3cc4nc(c(-c5ccccc5)c5ccc([nH]5)c(C(=O)O)c5nc(c(-c6ccccc6)c2[nH]3)C=C5)C=C4)c1. The van der Waals surface area contributed by atoms with Crippen molar-refractivity contribution in [2.45, 2.75) is 0 Å². The molecular formula is C40H26N4O4. The number of carboxylic acid groups (broad SMARTS) is 2. The highest BCUT2D eigenvalue weighted by molar-refractivity contribution is 6.04. The Morgan fingerprint density at radius 3 is 1.92 bits per heavy atom. The molecule has 2 aliphatic rings. The van der Waals surface area contributed by atoms with Gasteiger partial charge in [0, 0.05) is 27.7 Å². The molecule has 3 aromatic carbocycles. The Hall–Kier alpha value is -6.80. The molecule has 48 heavy (non-hydrogen) atoms. The van der Waals surface area contributed by atoms with Crippen molar-refractivity contribution in [1.82, 2.24) is 19.9 Å². The maximum absolute atomic E-state index is 12.9. The van der Waals surface area contributed by atoms with Crippen LogP contribution in [0.3, 0.4) is 0 Å². The molecule has 0 saturated heterocycles. The highest BCUT2D eigenvalue weighted by Gasteiger charge is 2.20. The summed E-state index contributed by atoms with van der Waals surface area (Å²) in [6.07, 6.45) is 7.42. The number of aromatic amines is 2. The van der Waals surface area contributed by atoms with Gasteiger partial charge in [0.05, 0.1) is 39.4 Å². The fraction of sp³-hybridized carbons (Fsp3) is 0. The molecule has 0 saturated carbocycles. The van der Waals surface area contributed by atoms with Crippen molar-refractivity contribution in [3.63, 3.8) is 0 Å². The van der Waals surface area contributed by atoms with Crippen LogP contribution in [0.5, 0.6) is 0 Å². The largest absolute Gasteiger partial charge is 0.478 e. The molecule has 8 rings (SSSR count). The second-order valence-corrected chi connectivity index (χ2v) is 11.5. The van der Waals surface area contributed by atoms with Gasteiger partial charge in [-0.1, -0.05) is 72.8 Å². The normalized spacial score (nSPS) is 11.9. The van der Waals surface area contributed by atoms with Crippen LogP contribution in [0.15, 0.2) is 109 Å². The average molecular weight is 627 g/mol. The van der Waals surface area contributed by atoms with E-state index in [1.165, 1.54) is 0 Å².